The maximum Gasteiger partial charge on any atom is 0.335 e. The van der Waals surface area contributed by atoms with Crippen molar-refractivity contribution in [1.82, 2.24) is 0 Å². The number of carboxylic acid groups (broad SMARTS) is 1. The molecule has 0 saturated carbocycles. The summed E-state index contributed by atoms with van der Waals surface area (Å²) in [5, 5.41) is 11.6. The molecule has 0 spiro atoms. The fraction of sp³-hybridized carbons (Fsp3) is 0.130. The first-order chi connectivity index (χ1) is 14.7. The van der Waals surface area contributed by atoms with Crippen LogP contribution in [-0.2, 0) is 14.8 Å². The summed E-state index contributed by atoms with van der Waals surface area (Å²) in [6.45, 7) is 3.35. The average Bonchev–Trinajstić information content (AvgIpc) is 2.75. The van der Waals surface area contributed by atoms with Crippen molar-refractivity contribution < 1.29 is 23.1 Å². The number of anilines is 2. The summed E-state index contributed by atoms with van der Waals surface area (Å²) in [5.41, 5.74) is 2.73. The molecule has 0 atom stereocenters. The molecule has 0 heterocycles. The predicted molar refractivity (Wildman–Crippen MR) is 119 cm³/mol. The van der Waals surface area contributed by atoms with E-state index in [4.69, 9.17) is 5.11 Å². The van der Waals surface area contributed by atoms with Gasteiger partial charge in [-0.05, 0) is 73.5 Å². The highest BCUT2D eigenvalue weighted by Gasteiger charge is 2.27. The number of aromatic carboxylic acids is 1. The second kappa shape index (κ2) is 9.01. The van der Waals surface area contributed by atoms with Crippen molar-refractivity contribution in [1.29, 1.82) is 0 Å². The number of hydrogen-bond donors (Lipinski definition) is 2. The molecule has 3 aromatic carbocycles. The van der Waals surface area contributed by atoms with Crippen LogP contribution in [0, 0.1) is 13.8 Å². The maximum absolute atomic E-state index is 13.3. The summed E-state index contributed by atoms with van der Waals surface area (Å²) in [7, 11) is -3.99. The van der Waals surface area contributed by atoms with E-state index < -0.39 is 28.4 Å². The highest BCUT2D eigenvalue weighted by atomic mass is 32.2. The molecule has 3 aromatic rings. The largest absolute Gasteiger partial charge is 0.478 e. The lowest BCUT2D eigenvalue weighted by Gasteiger charge is -2.25. The van der Waals surface area contributed by atoms with Crippen LogP contribution < -0.4 is 9.62 Å². The first-order valence-corrected chi connectivity index (χ1v) is 10.9. The predicted octanol–water partition coefficient (Wildman–Crippen LogP) is 3.84. The number of carbonyl (C=O) groups excluding carboxylic acids is 1. The lowest BCUT2D eigenvalue weighted by atomic mass is 10.1. The monoisotopic (exact) mass is 438 g/mol. The Morgan fingerprint density at radius 2 is 1.55 bits per heavy atom. The third-order valence-corrected chi connectivity index (χ3v) is 6.60. The van der Waals surface area contributed by atoms with Gasteiger partial charge in [0.05, 0.1) is 16.1 Å². The number of nitrogens with zero attached hydrogens (tertiary/aromatic N) is 1. The number of rotatable bonds is 7. The molecule has 8 heteroatoms. The zero-order chi connectivity index (χ0) is 22.6. The number of carboxylic acids is 1. The second-order valence-electron chi connectivity index (χ2n) is 7.02. The van der Waals surface area contributed by atoms with Gasteiger partial charge >= 0.3 is 5.97 Å². The first kappa shape index (κ1) is 22.0. The highest BCUT2D eigenvalue weighted by Crippen LogP contribution is 2.26. The van der Waals surface area contributed by atoms with Crippen LogP contribution in [-0.4, -0.2) is 31.9 Å². The summed E-state index contributed by atoms with van der Waals surface area (Å²) in [5.74, 6) is -1.63. The first-order valence-electron chi connectivity index (χ1n) is 9.47. The van der Waals surface area contributed by atoms with Gasteiger partial charge in [0, 0.05) is 5.69 Å². The van der Waals surface area contributed by atoms with Crippen molar-refractivity contribution >= 4 is 33.3 Å². The fourth-order valence-electron chi connectivity index (χ4n) is 2.94. The Morgan fingerprint density at radius 1 is 0.903 bits per heavy atom. The minimum Gasteiger partial charge on any atom is -0.478 e. The minimum atomic E-state index is -3.99. The standard InChI is InChI=1S/C23H22N2O5S/c1-16-8-13-20(14-17(16)2)25(31(29,30)21-6-4-3-5-7-21)15-22(26)24-19-11-9-18(10-12-19)23(27)28/h3-14H,15H2,1-2H3,(H,24,26)(H,27,28). The van der Waals surface area contributed by atoms with Crippen molar-refractivity contribution in [3.8, 4) is 0 Å². The molecule has 0 aliphatic rings. The zero-order valence-electron chi connectivity index (χ0n) is 17.1. The van der Waals surface area contributed by atoms with Crippen molar-refractivity contribution in [2.75, 3.05) is 16.2 Å². The van der Waals surface area contributed by atoms with Crippen LogP contribution in [0.2, 0.25) is 0 Å². The number of amides is 1. The third-order valence-electron chi connectivity index (χ3n) is 4.81. The summed E-state index contributed by atoms with van der Waals surface area (Å²) < 4.78 is 27.7. The van der Waals surface area contributed by atoms with E-state index in [1.165, 1.54) is 36.4 Å². The Kier molecular flexibility index (Phi) is 6.41. The fourth-order valence-corrected chi connectivity index (χ4v) is 4.38. The van der Waals surface area contributed by atoms with Crippen molar-refractivity contribution in [3.63, 3.8) is 0 Å². The van der Waals surface area contributed by atoms with Crippen LogP contribution in [0.4, 0.5) is 11.4 Å². The van der Waals surface area contributed by atoms with Crippen LogP contribution >= 0.6 is 0 Å². The van der Waals surface area contributed by atoms with Crippen LogP contribution in [0.15, 0.2) is 77.7 Å². The van der Waals surface area contributed by atoms with Crippen molar-refractivity contribution in [3.05, 3.63) is 89.5 Å². The molecule has 3 rings (SSSR count). The molecule has 2 N–H and O–H groups in total. The van der Waals surface area contributed by atoms with E-state index in [0.717, 1.165) is 15.4 Å². The molecule has 0 fully saturated rings. The van der Waals surface area contributed by atoms with Crippen LogP contribution in [0.25, 0.3) is 0 Å². The maximum atomic E-state index is 13.3. The van der Waals surface area contributed by atoms with Gasteiger partial charge in [-0.25, -0.2) is 13.2 Å². The molecule has 0 saturated heterocycles. The molecular formula is C23H22N2O5S. The van der Waals surface area contributed by atoms with Gasteiger partial charge in [0.1, 0.15) is 6.54 Å². The van der Waals surface area contributed by atoms with E-state index in [-0.39, 0.29) is 10.5 Å². The van der Waals surface area contributed by atoms with Crippen LogP contribution in [0.5, 0.6) is 0 Å². The Balaban J connectivity index is 1.91. The number of aryl methyl sites for hydroxylation is 2. The lowest BCUT2D eigenvalue weighted by Crippen LogP contribution is -2.38. The summed E-state index contributed by atoms with van der Waals surface area (Å²) >= 11 is 0. The van der Waals surface area contributed by atoms with E-state index in [1.807, 2.05) is 13.8 Å². The van der Waals surface area contributed by atoms with Gasteiger partial charge < -0.3 is 10.4 Å². The molecule has 0 unspecified atom stereocenters. The zero-order valence-corrected chi connectivity index (χ0v) is 17.9. The number of hydrogen-bond acceptors (Lipinski definition) is 4. The Morgan fingerprint density at radius 3 is 2.13 bits per heavy atom. The molecule has 1 amide bonds. The van der Waals surface area contributed by atoms with Crippen LogP contribution in [0.3, 0.4) is 0 Å². The molecule has 0 bridgehead atoms. The molecule has 0 aliphatic heterocycles. The second-order valence-corrected chi connectivity index (χ2v) is 8.89. The molecule has 160 valence electrons. The molecule has 7 nitrogen and oxygen atoms in total. The van der Waals surface area contributed by atoms with Crippen molar-refractivity contribution in [2.24, 2.45) is 0 Å². The van der Waals surface area contributed by atoms with Gasteiger partial charge in [0.25, 0.3) is 10.0 Å². The average molecular weight is 439 g/mol. The van der Waals surface area contributed by atoms with E-state index in [2.05, 4.69) is 5.32 Å². The van der Waals surface area contributed by atoms with E-state index >= 15 is 0 Å². The Bertz CT molecular complexity index is 1210. The number of benzene rings is 3. The normalized spacial score (nSPS) is 11.0. The topological polar surface area (TPSA) is 104 Å². The molecule has 0 radical (unpaired) electrons. The molecule has 31 heavy (non-hydrogen) atoms. The quantitative estimate of drug-likeness (QED) is 0.583. The van der Waals surface area contributed by atoms with Gasteiger partial charge in [0.15, 0.2) is 0 Å². The Hall–Kier alpha value is -3.65. The summed E-state index contributed by atoms with van der Waals surface area (Å²) in [6.07, 6.45) is 0. The SMILES string of the molecule is Cc1ccc(N(CC(=O)Nc2ccc(C(=O)O)cc2)S(=O)(=O)c2ccccc2)cc1C. The smallest absolute Gasteiger partial charge is 0.335 e. The van der Waals surface area contributed by atoms with Crippen LogP contribution in [0.1, 0.15) is 21.5 Å². The molecule has 0 aromatic heterocycles. The third kappa shape index (κ3) is 5.10. The minimum absolute atomic E-state index is 0.0758. The summed E-state index contributed by atoms with van der Waals surface area (Å²) in [4.78, 5) is 23.8. The van der Waals surface area contributed by atoms with Crippen molar-refractivity contribution in [2.45, 2.75) is 18.7 Å². The van der Waals surface area contributed by atoms with Gasteiger partial charge in [-0.15, -0.1) is 0 Å². The number of nitrogens with one attached hydrogen (secondary N) is 1. The molecular weight excluding hydrogens is 416 g/mol. The van der Waals surface area contributed by atoms with E-state index in [1.54, 1.807) is 36.4 Å². The van der Waals surface area contributed by atoms with E-state index in [9.17, 15) is 18.0 Å². The van der Waals surface area contributed by atoms with E-state index in [0.29, 0.717) is 11.4 Å². The highest BCUT2D eigenvalue weighted by molar-refractivity contribution is 7.92. The van der Waals surface area contributed by atoms with Gasteiger partial charge in [-0.2, -0.15) is 0 Å². The van der Waals surface area contributed by atoms with Gasteiger partial charge in [-0.1, -0.05) is 24.3 Å². The Labute approximate surface area is 181 Å². The van der Waals surface area contributed by atoms with Gasteiger partial charge in [-0.3, -0.25) is 9.10 Å². The lowest BCUT2D eigenvalue weighted by molar-refractivity contribution is -0.114. The molecule has 0 aliphatic carbocycles. The number of sulfonamides is 1. The number of carbonyl (C=O) groups is 2. The summed E-state index contributed by atoms with van der Waals surface area (Å²) in [6, 6.07) is 18.7. The van der Waals surface area contributed by atoms with Gasteiger partial charge in [0.2, 0.25) is 5.91 Å².